The Morgan fingerprint density at radius 3 is 2.77 bits per heavy atom. The number of phenolic OH excluding ortho intramolecular Hbond substituents is 1. The highest BCUT2D eigenvalue weighted by Gasteiger charge is 2.08. The Hall–Kier alpha value is -2.99. The predicted molar refractivity (Wildman–Crippen MR) is 126 cm³/mol. The zero-order valence-corrected chi connectivity index (χ0v) is 18.4. The summed E-state index contributed by atoms with van der Waals surface area (Å²) in [5.74, 6) is 1.14. The number of phenols is 1. The van der Waals surface area contributed by atoms with Gasteiger partial charge in [-0.3, -0.25) is 4.79 Å². The van der Waals surface area contributed by atoms with Gasteiger partial charge in [0.2, 0.25) is 5.91 Å². The molecule has 0 saturated carbocycles. The van der Waals surface area contributed by atoms with E-state index in [-0.39, 0.29) is 11.7 Å². The first kappa shape index (κ1) is 22.7. The average Bonchev–Trinajstić information content (AvgIpc) is 3.15. The van der Waals surface area contributed by atoms with E-state index in [0.717, 1.165) is 54.6 Å². The molecule has 1 amide bonds. The van der Waals surface area contributed by atoms with Crippen molar-refractivity contribution in [2.24, 2.45) is 0 Å². The molecule has 0 fully saturated rings. The largest absolute Gasteiger partial charge is 0.508 e. The summed E-state index contributed by atoms with van der Waals surface area (Å²) < 4.78 is 5.56. The lowest BCUT2D eigenvalue weighted by atomic mass is 10.1. The van der Waals surface area contributed by atoms with Gasteiger partial charge in [-0.2, -0.15) is 0 Å². The van der Waals surface area contributed by atoms with Crippen LogP contribution in [0.4, 0.5) is 5.69 Å². The van der Waals surface area contributed by atoms with Crippen LogP contribution in [0, 0.1) is 0 Å². The number of carbonyl (C=O) groups excluding carboxylic acids is 1. The van der Waals surface area contributed by atoms with Crippen LogP contribution in [0.3, 0.4) is 0 Å². The topological polar surface area (TPSA) is 86.4 Å². The van der Waals surface area contributed by atoms with Gasteiger partial charge < -0.3 is 25.5 Å². The number of aromatic amines is 1. The molecule has 3 aromatic rings. The molecule has 0 aliphatic heterocycles. The molecule has 0 aliphatic carbocycles. The molecule has 0 radical (unpaired) electrons. The fraction of sp³-hybridized carbons (Fsp3) is 0.400. The minimum atomic E-state index is 0.0352. The number of H-pyrrole nitrogens is 1. The first-order valence-electron chi connectivity index (χ1n) is 11.1. The van der Waals surface area contributed by atoms with Gasteiger partial charge in [-0.25, -0.2) is 0 Å². The van der Waals surface area contributed by atoms with Crippen LogP contribution in [0.2, 0.25) is 0 Å². The Kier molecular flexibility index (Phi) is 8.35. The van der Waals surface area contributed by atoms with E-state index in [1.807, 2.05) is 36.5 Å². The number of hydrogen-bond donors (Lipinski definition) is 4. The van der Waals surface area contributed by atoms with Crippen molar-refractivity contribution in [3.63, 3.8) is 0 Å². The molecule has 166 valence electrons. The summed E-state index contributed by atoms with van der Waals surface area (Å²) in [5, 5.41) is 17.2. The van der Waals surface area contributed by atoms with Gasteiger partial charge in [0, 0.05) is 35.2 Å². The van der Waals surface area contributed by atoms with E-state index in [4.69, 9.17) is 4.74 Å². The summed E-state index contributed by atoms with van der Waals surface area (Å²) >= 11 is 0. The van der Waals surface area contributed by atoms with E-state index < -0.39 is 0 Å². The first-order valence-corrected chi connectivity index (χ1v) is 11.1. The number of aromatic hydroxyl groups is 1. The molecule has 3 rings (SSSR count). The van der Waals surface area contributed by atoms with Gasteiger partial charge in [0.05, 0.1) is 6.61 Å². The van der Waals surface area contributed by atoms with Crippen molar-refractivity contribution < 1.29 is 14.6 Å². The highest BCUT2D eigenvalue weighted by Crippen LogP contribution is 2.23. The zero-order valence-electron chi connectivity index (χ0n) is 18.4. The number of carbonyl (C=O) groups is 1. The molecular weight excluding hydrogens is 390 g/mol. The van der Waals surface area contributed by atoms with Crippen LogP contribution in [0.15, 0.2) is 48.7 Å². The van der Waals surface area contributed by atoms with Gasteiger partial charge in [-0.1, -0.05) is 6.92 Å². The van der Waals surface area contributed by atoms with Gasteiger partial charge in [0.1, 0.15) is 11.5 Å². The molecule has 1 heterocycles. The Morgan fingerprint density at radius 2 is 2.00 bits per heavy atom. The van der Waals surface area contributed by atoms with Crippen molar-refractivity contribution >= 4 is 22.5 Å². The van der Waals surface area contributed by atoms with Crippen LogP contribution in [0.25, 0.3) is 10.9 Å². The van der Waals surface area contributed by atoms with E-state index in [1.165, 1.54) is 5.56 Å². The number of fused-ring (bicyclic) bond motifs is 1. The Morgan fingerprint density at radius 1 is 1.19 bits per heavy atom. The van der Waals surface area contributed by atoms with E-state index in [1.54, 1.807) is 12.1 Å². The molecule has 0 bridgehead atoms. The molecule has 1 atom stereocenters. The fourth-order valence-corrected chi connectivity index (χ4v) is 3.58. The minimum Gasteiger partial charge on any atom is -0.508 e. The summed E-state index contributed by atoms with van der Waals surface area (Å²) in [6.45, 7) is 5.76. The van der Waals surface area contributed by atoms with Crippen molar-refractivity contribution in [2.45, 2.75) is 52.0 Å². The summed E-state index contributed by atoms with van der Waals surface area (Å²) in [4.78, 5) is 15.4. The molecule has 6 heteroatoms. The number of amides is 1. The molecule has 1 aromatic heterocycles. The van der Waals surface area contributed by atoms with Crippen molar-refractivity contribution in [1.29, 1.82) is 0 Å². The summed E-state index contributed by atoms with van der Waals surface area (Å²) in [6.07, 6.45) is 6.13. The van der Waals surface area contributed by atoms with Crippen molar-refractivity contribution in [3.05, 3.63) is 54.2 Å². The maximum atomic E-state index is 12.2. The molecular formula is C25H33N3O3. The summed E-state index contributed by atoms with van der Waals surface area (Å²) in [7, 11) is 0. The van der Waals surface area contributed by atoms with Gasteiger partial charge in [-0.05, 0) is 87.2 Å². The lowest BCUT2D eigenvalue weighted by Gasteiger charge is -2.13. The normalized spacial score (nSPS) is 12.1. The van der Waals surface area contributed by atoms with Crippen LogP contribution >= 0.6 is 0 Å². The van der Waals surface area contributed by atoms with Crippen molar-refractivity contribution in [2.75, 3.05) is 18.5 Å². The van der Waals surface area contributed by atoms with Gasteiger partial charge in [0.25, 0.3) is 0 Å². The molecule has 1 unspecified atom stereocenters. The number of ether oxygens (including phenoxy) is 1. The zero-order chi connectivity index (χ0) is 22.1. The minimum absolute atomic E-state index is 0.0352. The Labute approximate surface area is 184 Å². The second kappa shape index (κ2) is 11.4. The standard InChI is InChI=1S/C25H33N3O3/c1-3-15-31-22-10-7-20(8-11-22)28-25(30)6-4-5-18(2)26-14-13-19-17-27-24-12-9-21(29)16-23(19)24/h7-12,16-18,26-27,29H,3-6,13-15H2,1-2H3,(H,28,30). The third-order valence-corrected chi connectivity index (χ3v) is 5.29. The number of rotatable bonds is 12. The lowest BCUT2D eigenvalue weighted by molar-refractivity contribution is -0.116. The van der Waals surface area contributed by atoms with Crippen LogP contribution < -0.4 is 15.4 Å². The van der Waals surface area contributed by atoms with Crippen LogP contribution in [-0.2, 0) is 11.2 Å². The van der Waals surface area contributed by atoms with Gasteiger partial charge >= 0.3 is 0 Å². The number of anilines is 1. The van der Waals surface area contributed by atoms with E-state index in [2.05, 4.69) is 29.5 Å². The second-order valence-electron chi connectivity index (χ2n) is 7.96. The molecule has 31 heavy (non-hydrogen) atoms. The highest BCUT2D eigenvalue weighted by molar-refractivity contribution is 5.90. The molecule has 2 aromatic carbocycles. The van der Waals surface area contributed by atoms with Crippen LogP contribution in [0.5, 0.6) is 11.5 Å². The molecule has 4 N–H and O–H groups in total. The third kappa shape index (κ3) is 7.03. The molecule has 6 nitrogen and oxygen atoms in total. The first-order chi connectivity index (χ1) is 15.0. The maximum absolute atomic E-state index is 12.2. The molecule has 0 saturated heterocycles. The number of nitrogens with one attached hydrogen (secondary N) is 3. The summed E-state index contributed by atoms with van der Waals surface area (Å²) in [6, 6.07) is 13.2. The maximum Gasteiger partial charge on any atom is 0.224 e. The van der Waals surface area contributed by atoms with Crippen molar-refractivity contribution in [3.8, 4) is 11.5 Å². The number of aromatic nitrogens is 1. The Bertz CT molecular complexity index is 966. The Balaban J connectivity index is 1.32. The fourth-order valence-electron chi connectivity index (χ4n) is 3.58. The quantitative estimate of drug-likeness (QED) is 0.330. The number of benzene rings is 2. The van der Waals surface area contributed by atoms with E-state index in [0.29, 0.717) is 19.1 Å². The van der Waals surface area contributed by atoms with Gasteiger partial charge in [0.15, 0.2) is 0 Å². The lowest BCUT2D eigenvalue weighted by Crippen LogP contribution is -2.28. The highest BCUT2D eigenvalue weighted by atomic mass is 16.5. The third-order valence-electron chi connectivity index (χ3n) is 5.29. The van der Waals surface area contributed by atoms with E-state index >= 15 is 0 Å². The molecule has 0 spiro atoms. The summed E-state index contributed by atoms with van der Waals surface area (Å²) in [5.41, 5.74) is 3.02. The van der Waals surface area contributed by atoms with Crippen LogP contribution in [-0.4, -0.2) is 35.2 Å². The number of hydrogen-bond acceptors (Lipinski definition) is 4. The predicted octanol–water partition coefficient (Wildman–Crippen LogP) is 4.99. The smallest absolute Gasteiger partial charge is 0.224 e. The SMILES string of the molecule is CCCOc1ccc(NC(=O)CCCC(C)NCCc2c[nH]c3ccc(O)cc23)cc1. The van der Waals surface area contributed by atoms with E-state index in [9.17, 15) is 9.90 Å². The van der Waals surface area contributed by atoms with Crippen LogP contribution in [0.1, 0.15) is 45.1 Å². The van der Waals surface area contributed by atoms with Crippen molar-refractivity contribution in [1.82, 2.24) is 10.3 Å². The molecule has 0 aliphatic rings. The average molecular weight is 424 g/mol. The second-order valence-corrected chi connectivity index (χ2v) is 7.96. The monoisotopic (exact) mass is 423 g/mol. The van der Waals surface area contributed by atoms with Gasteiger partial charge in [-0.15, -0.1) is 0 Å².